The van der Waals surface area contributed by atoms with Crippen molar-refractivity contribution in [3.8, 4) is 5.75 Å². The van der Waals surface area contributed by atoms with E-state index in [2.05, 4.69) is 10.6 Å². The number of methoxy groups -OCH3 is 1. The molecular weight excluding hydrogens is 482 g/mol. The Morgan fingerprint density at radius 3 is 2.44 bits per heavy atom. The van der Waals surface area contributed by atoms with E-state index < -0.39 is 28.1 Å². The van der Waals surface area contributed by atoms with Gasteiger partial charge in [0.25, 0.3) is 15.9 Å². The molecule has 1 aliphatic rings. The van der Waals surface area contributed by atoms with Gasteiger partial charge in [-0.3, -0.25) is 4.79 Å². The largest absolute Gasteiger partial charge is 0.496 e. The van der Waals surface area contributed by atoms with Crippen LogP contribution >= 0.6 is 11.6 Å². The first-order chi connectivity index (χ1) is 16.2. The summed E-state index contributed by atoms with van der Waals surface area (Å²) in [6.45, 7) is -0.122. The number of nitrogens with one attached hydrogen (secondary N) is 3. The molecule has 2 aromatic rings. The zero-order valence-electron chi connectivity index (χ0n) is 18.7. The molecule has 0 aromatic heterocycles. The minimum absolute atomic E-state index is 0.0245. The molecule has 3 rings (SSSR count). The number of benzene rings is 2. The number of aliphatic hydroxyl groups excluding tert-OH is 1. The first-order valence-corrected chi connectivity index (χ1v) is 12.8. The van der Waals surface area contributed by atoms with Gasteiger partial charge in [0.05, 0.1) is 23.7 Å². The van der Waals surface area contributed by atoms with Crippen molar-refractivity contribution in [3.05, 3.63) is 58.6 Å². The number of carbonyl (C=O) groups is 2. The number of halogens is 1. The van der Waals surface area contributed by atoms with Crippen LogP contribution in [0.3, 0.4) is 0 Å². The first-order valence-electron chi connectivity index (χ1n) is 10.9. The normalized spacial score (nSPS) is 15.3. The Bertz CT molecular complexity index is 1120. The summed E-state index contributed by atoms with van der Waals surface area (Å²) >= 11 is 5.94. The lowest BCUT2D eigenvalue weighted by molar-refractivity contribution is 0.0913. The van der Waals surface area contributed by atoms with Gasteiger partial charge < -0.3 is 20.5 Å². The summed E-state index contributed by atoms with van der Waals surface area (Å²) in [4.78, 5) is 24.5. The maximum Gasteiger partial charge on any atom is 0.328 e. The van der Waals surface area contributed by atoms with E-state index in [9.17, 15) is 23.1 Å². The molecule has 0 saturated heterocycles. The van der Waals surface area contributed by atoms with Gasteiger partial charge in [-0.1, -0.05) is 43.0 Å². The molecule has 0 bridgehead atoms. The smallest absolute Gasteiger partial charge is 0.328 e. The third kappa shape index (κ3) is 6.85. The van der Waals surface area contributed by atoms with Crippen LogP contribution in [0.1, 0.15) is 54.1 Å². The number of hydrogen-bond donors (Lipinski definition) is 4. The molecule has 3 amide bonds. The van der Waals surface area contributed by atoms with Crippen LogP contribution in [-0.2, 0) is 10.0 Å². The van der Waals surface area contributed by atoms with Gasteiger partial charge in [0, 0.05) is 17.6 Å². The van der Waals surface area contributed by atoms with Gasteiger partial charge in [0.1, 0.15) is 5.75 Å². The summed E-state index contributed by atoms with van der Waals surface area (Å²) < 4.78 is 32.2. The molecule has 1 fully saturated rings. The van der Waals surface area contributed by atoms with Crippen LogP contribution in [0, 0.1) is 0 Å². The van der Waals surface area contributed by atoms with Crippen molar-refractivity contribution >= 4 is 33.6 Å². The molecule has 1 saturated carbocycles. The van der Waals surface area contributed by atoms with E-state index in [1.54, 1.807) is 12.1 Å². The van der Waals surface area contributed by atoms with Crippen LogP contribution in [-0.4, -0.2) is 45.2 Å². The Labute approximate surface area is 203 Å². The van der Waals surface area contributed by atoms with Gasteiger partial charge in [-0.25, -0.2) is 17.9 Å². The standard InChI is InChI=1S/C23H28ClN3O6S/c1-33-21-12-9-16(24)13-19(21)22(29)25-14-20(28)15-7-10-18(11-8-15)34(31,32)27-23(30)26-17-5-3-2-4-6-17/h7-13,17,20,28H,2-6,14H2,1H3,(H,25,29)(H2,26,27,30). The zero-order chi connectivity index (χ0) is 24.7. The lowest BCUT2D eigenvalue weighted by Gasteiger charge is -2.22. The Morgan fingerprint density at radius 2 is 1.79 bits per heavy atom. The number of rotatable bonds is 8. The van der Waals surface area contributed by atoms with Crippen LogP contribution < -0.4 is 20.1 Å². The highest BCUT2D eigenvalue weighted by Crippen LogP contribution is 2.23. The second-order valence-electron chi connectivity index (χ2n) is 8.05. The number of ether oxygens (including phenoxy) is 1. The maximum absolute atomic E-state index is 12.5. The van der Waals surface area contributed by atoms with Crippen LogP contribution in [0.25, 0.3) is 0 Å². The predicted molar refractivity (Wildman–Crippen MR) is 127 cm³/mol. The van der Waals surface area contributed by atoms with Crippen molar-refractivity contribution in [2.45, 2.75) is 49.1 Å². The zero-order valence-corrected chi connectivity index (χ0v) is 20.3. The summed E-state index contributed by atoms with van der Waals surface area (Å²) in [7, 11) is -2.64. The third-order valence-corrected chi connectivity index (χ3v) is 7.19. The number of hydrogen-bond acceptors (Lipinski definition) is 6. The first kappa shape index (κ1) is 25.8. The quantitative estimate of drug-likeness (QED) is 0.432. The van der Waals surface area contributed by atoms with Crippen LogP contribution in [0.2, 0.25) is 5.02 Å². The van der Waals surface area contributed by atoms with Crippen molar-refractivity contribution < 1.29 is 27.9 Å². The van der Waals surface area contributed by atoms with E-state index in [4.69, 9.17) is 16.3 Å². The number of aliphatic hydroxyl groups is 1. The fourth-order valence-corrected chi connectivity index (χ4v) is 4.86. The van der Waals surface area contributed by atoms with Crippen LogP contribution in [0.5, 0.6) is 5.75 Å². The lowest BCUT2D eigenvalue weighted by atomic mass is 9.96. The predicted octanol–water partition coefficient (Wildman–Crippen LogP) is 3.13. The van der Waals surface area contributed by atoms with E-state index >= 15 is 0 Å². The van der Waals surface area contributed by atoms with Crippen LogP contribution in [0.15, 0.2) is 47.4 Å². The number of urea groups is 1. The molecule has 11 heteroatoms. The molecule has 1 aliphatic carbocycles. The van der Waals surface area contributed by atoms with Gasteiger partial charge in [-0.15, -0.1) is 0 Å². The average molecular weight is 510 g/mol. The molecule has 34 heavy (non-hydrogen) atoms. The Morgan fingerprint density at radius 1 is 1.12 bits per heavy atom. The van der Waals surface area contributed by atoms with E-state index in [1.165, 1.54) is 37.4 Å². The highest BCUT2D eigenvalue weighted by atomic mass is 35.5. The summed E-state index contributed by atoms with van der Waals surface area (Å²) in [5.41, 5.74) is 0.616. The lowest BCUT2D eigenvalue weighted by Crippen LogP contribution is -2.45. The molecule has 4 N–H and O–H groups in total. The summed E-state index contributed by atoms with van der Waals surface area (Å²) in [6.07, 6.45) is 3.72. The average Bonchev–Trinajstić information content (AvgIpc) is 2.82. The maximum atomic E-state index is 12.5. The minimum Gasteiger partial charge on any atom is -0.496 e. The van der Waals surface area contributed by atoms with Gasteiger partial charge >= 0.3 is 6.03 Å². The Balaban J connectivity index is 1.57. The van der Waals surface area contributed by atoms with Crippen molar-refractivity contribution in [3.63, 3.8) is 0 Å². The molecule has 0 heterocycles. The molecule has 1 unspecified atom stereocenters. The van der Waals surface area contributed by atoms with E-state index in [0.29, 0.717) is 16.3 Å². The number of amides is 3. The van der Waals surface area contributed by atoms with E-state index in [-0.39, 0.29) is 23.0 Å². The van der Waals surface area contributed by atoms with E-state index in [1.807, 2.05) is 4.72 Å². The second kappa shape index (κ2) is 11.5. The number of carbonyl (C=O) groups excluding carboxylic acids is 2. The molecule has 0 aliphatic heterocycles. The Hall–Kier alpha value is -2.82. The highest BCUT2D eigenvalue weighted by Gasteiger charge is 2.22. The molecule has 184 valence electrons. The third-order valence-electron chi connectivity index (χ3n) is 5.60. The van der Waals surface area contributed by atoms with Crippen molar-refractivity contribution in [2.75, 3.05) is 13.7 Å². The SMILES string of the molecule is COc1ccc(Cl)cc1C(=O)NCC(O)c1ccc(S(=O)(=O)NC(=O)NC2CCCCC2)cc1. The summed E-state index contributed by atoms with van der Waals surface area (Å²) in [6, 6.07) is 9.26. The van der Waals surface area contributed by atoms with Crippen molar-refractivity contribution in [1.29, 1.82) is 0 Å². The topological polar surface area (TPSA) is 134 Å². The van der Waals surface area contributed by atoms with E-state index in [0.717, 1.165) is 32.1 Å². The molecular formula is C23H28ClN3O6S. The number of sulfonamides is 1. The molecule has 0 radical (unpaired) electrons. The molecule has 9 nitrogen and oxygen atoms in total. The van der Waals surface area contributed by atoms with Gasteiger partial charge in [0.15, 0.2) is 0 Å². The van der Waals surface area contributed by atoms with Gasteiger partial charge in [-0.05, 0) is 48.7 Å². The summed E-state index contributed by atoms with van der Waals surface area (Å²) in [5.74, 6) is -0.142. The highest BCUT2D eigenvalue weighted by molar-refractivity contribution is 7.90. The minimum atomic E-state index is -4.07. The fraction of sp³-hybridized carbons (Fsp3) is 0.391. The second-order valence-corrected chi connectivity index (χ2v) is 10.2. The molecule has 0 spiro atoms. The van der Waals surface area contributed by atoms with Crippen molar-refractivity contribution in [1.82, 2.24) is 15.4 Å². The summed E-state index contributed by atoms with van der Waals surface area (Å²) in [5, 5.41) is 16.1. The Kier molecular flexibility index (Phi) is 8.76. The molecule has 2 aromatic carbocycles. The monoisotopic (exact) mass is 509 g/mol. The van der Waals surface area contributed by atoms with Gasteiger partial charge in [-0.2, -0.15) is 0 Å². The van der Waals surface area contributed by atoms with Gasteiger partial charge in [0.2, 0.25) is 0 Å². The van der Waals surface area contributed by atoms with Crippen molar-refractivity contribution in [2.24, 2.45) is 0 Å². The molecule has 1 atom stereocenters. The fourth-order valence-electron chi connectivity index (χ4n) is 3.77. The van der Waals surface area contributed by atoms with Crippen LogP contribution in [0.4, 0.5) is 4.79 Å².